The molecule has 0 amide bonds. The molecule has 0 atom stereocenters. The summed E-state index contributed by atoms with van der Waals surface area (Å²) in [6, 6.07) is 22.4. The number of nitro benzene ring substituents is 1. The van der Waals surface area contributed by atoms with Crippen molar-refractivity contribution in [1.82, 2.24) is 9.62 Å². The zero-order valence-corrected chi connectivity index (χ0v) is 21.8. The Labute approximate surface area is 223 Å². The second-order valence-electron chi connectivity index (χ2n) is 8.95. The predicted molar refractivity (Wildman–Crippen MR) is 149 cm³/mol. The monoisotopic (exact) mass is 537 g/mol. The van der Waals surface area contributed by atoms with Crippen molar-refractivity contribution in [1.29, 1.82) is 0 Å². The van der Waals surface area contributed by atoms with Gasteiger partial charge in [-0.2, -0.15) is 0 Å². The number of benzene rings is 3. The summed E-state index contributed by atoms with van der Waals surface area (Å²) in [6.45, 7) is 2.38. The van der Waals surface area contributed by atoms with Gasteiger partial charge in [0.05, 0.1) is 4.92 Å². The van der Waals surface area contributed by atoms with Crippen molar-refractivity contribution in [3.8, 4) is 0 Å². The Morgan fingerprint density at radius 1 is 0.838 bits per heavy atom. The van der Waals surface area contributed by atoms with Crippen LogP contribution in [0.15, 0.2) is 83.3 Å². The zero-order valence-electron chi connectivity index (χ0n) is 20.2. The maximum Gasteiger partial charge on any atom is 0.289 e. The van der Waals surface area contributed by atoms with E-state index in [-0.39, 0.29) is 23.8 Å². The van der Waals surface area contributed by atoms with Crippen LogP contribution in [0, 0.1) is 10.1 Å². The average Bonchev–Trinajstić information content (AvgIpc) is 3.06. The first-order chi connectivity index (χ1) is 17.4. The van der Waals surface area contributed by atoms with Crippen molar-refractivity contribution >= 4 is 45.8 Å². The van der Waals surface area contributed by atoms with Gasteiger partial charge < -0.3 is 4.90 Å². The molecule has 37 heavy (non-hydrogen) atoms. The normalized spacial score (nSPS) is 15.4. The minimum atomic E-state index is -3.97. The summed E-state index contributed by atoms with van der Waals surface area (Å²) in [4.78, 5) is 12.5. The summed E-state index contributed by atoms with van der Waals surface area (Å²) in [7, 11) is -3.97. The van der Waals surface area contributed by atoms with Gasteiger partial charge in [-0.25, -0.2) is 13.1 Å². The van der Waals surface area contributed by atoms with E-state index in [1.54, 1.807) is 0 Å². The summed E-state index contributed by atoms with van der Waals surface area (Å²) in [6.07, 6.45) is 6.16. The van der Waals surface area contributed by atoms with E-state index in [2.05, 4.69) is 70.3 Å². The lowest BCUT2D eigenvalue weighted by Gasteiger charge is -2.30. The Hall–Kier alpha value is -3.30. The SMILES string of the molecule is Cl.O=[N+]([O-])c1ccccc1S(=O)(=O)NCCN1CCC(=C2c3ccccc3C=Cc3ccccc32)CC1. The second-order valence-corrected chi connectivity index (χ2v) is 10.7. The lowest BCUT2D eigenvalue weighted by Crippen LogP contribution is -2.38. The van der Waals surface area contributed by atoms with Gasteiger partial charge in [-0.15, -0.1) is 12.4 Å². The molecule has 7 nitrogen and oxygen atoms in total. The van der Waals surface area contributed by atoms with E-state index in [9.17, 15) is 18.5 Å². The highest BCUT2D eigenvalue weighted by Gasteiger charge is 2.26. The minimum Gasteiger partial charge on any atom is -0.301 e. The molecule has 1 aliphatic carbocycles. The second kappa shape index (κ2) is 11.4. The summed E-state index contributed by atoms with van der Waals surface area (Å²) in [5.41, 5.74) is 7.22. The highest BCUT2D eigenvalue weighted by Crippen LogP contribution is 2.38. The summed E-state index contributed by atoms with van der Waals surface area (Å²) in [5.74, 6) is 0. The fourth-order valence-electron chi connectivity index (χ4n) is 4.99. The largest absolute Gasteiger partial charge is 0.301 e. The molecule has 0 unspecified atom stereocenters. The summed E-state index contributed by atoms with van der Waals surface area (Å²) < 4.78 is 27.9. The van der Waals surface area contributed by atoms with Crippen LogP contribution in [0.2, 0.25) is 0 Å². The number of nitrogens with one attached hydrogen (secondary N) is 1. The minimum absolute atomic E-state index is 0. The van der Waals surface area contributed by atoms with Crippen LogP contribution in [0.25, 0.3) is 17.7 Å². The van der Waals surface area contributed by atoms with Crippen LogP contribution < -0.4 is 4.72 Å². The number of halogens is 1. The quantitative estimate of drug-likeness (QED) is 0.263. The van der Waals surface area contributed by atoms with Gasteiger partial charge in [-0.1, -0.05) is 78.4 Å². The number of rotatable bonds is 6. The van der Waals surface area contributed by atoms with Gasteiger partial charge >= 0.3 is 0 Å². The molecule has 3 aromatic rings. The van der Waals surface area contributed by atoms with Gasteiger partial charge in [0, 0.05) is 32.2 Å². The van der Waals surface area contributed by atoms with Crippen LogP contribution in [0.4, 0.5) is 5.69 Å². The fraction of sp³-hybridized carbons (Fsp3) is 0.214. The maximum atomic E-state index is 12.7. The molecule has 1 saturated heterocycles. The van der Waals surface area contributed by atoms with Crippen LogP contribution >= 0.6 is 12.4 Å². The van der Waals surface area contributed by atoms with Crippen molar-refractivity contribution in [2.24, 2.45) is 0 Å². The Bertz CT molecular complexity index is 1420. The van der Waals surface area contributed by atoms with Crippen molar-refractivity contribution < 1.29 is 13.3 Å². The number of nitrogens with zero attached hydrogens (tertiary/aromatic N) is 2. The van der Waals surface area contributed by atoms with Crippen molar-refractivity contribution in [2.45, 2.75) is 17.7 Å². The molecule has 0 radical (unpaired) electrons. The van der Waals surface area contributed by atoms with E-state index in [1.165, 1.54) is 57.7 Å². The van der Waals surface area contributed by atoms with Gasteiger partial charge in [0.15, 0.2) is 4.90 Å². The van der Waals surface area contributed by atoms with E-state index in [4.69, 9.17) is 0 Å². The average molecular weight is 538 g/mol. The molecule has 0 bridgehead atoms. The number of sulfonamides is 1. The third-order valence-electron chi connectivity index (χ3n) is 6.79. The molecule has 3 aromatic carbocycles. The maximum absolute atomic E-state index is 12.7. The number of likely N-dealkylation sites (tertiary alicyclic amines) is 1. The number of fused-ring (bicyclic) bond motifs is 2. The van der Waals surface area contributed by atoms with Crippen LogP contribution in [0.5, 0.6) is 0 Å². The molecule has 0 saturated carbocycles. The Morgan fingerprint density at radius 3 is 1.97 bits per heavy atom. The molecular formula is C28H28ClN3O4S. The van der Waals surface area contributed by atoms with Gasteiger partial charge in [0.2, 0.25) is 10.0 Å². The number of para-hydroxylation sites is 1. The van der Waals surface area contributed by atoms with Crippen LogP contribution in [-0.4, -0.2) is 44.4 Å². The molecule has 9 heteroatoms. The Kier molecular flexibility index (Phi) is 8.24. The van der Waals surface area contributed by atoms with Gasteiger partial charge in [-0.3, -0.25) is 10.1 Å². The van der Waals surface area contributed by atoms with E-state index in [0.29, 0.717) is 6.54 Å². The molecule has 5 rings (SSSR count). The molecule has 1 heterocycles. The topological polar surface area (TPSA) is 92.5 Å². The number of hydrogen-bond donors (Lipinski definition) is 1. The molecule has 1 aliphatic heterocycles. The van der Waals surface area contributed by atoms with Crippen molar-refractivity contribution in [3.63, 3.8) is 0 Å². The highest BCUT2D eigenvalue weighted by molar-refractivity contribution is 7.89. The molecule has 192 valence electrons. The van der Waals surface area contributed by atoms with E-state index in [1.807, 2.05) is 0 Å². The smallest absolute Gasteiger partial charge is 0.289 e. The molecule has 2 aliphatic rings. The van der Waals surface area contributed by atoms with Gasteiger partial charge in [0.1, 0.15) is 0 Å². The molecular weight excluding hydrogens is 510 g/mol. The van der Waals surface area contributed by atoms with Crippen molar-refractivity contribution in [2.75, 3.05) is 26.2 Å². The lowest BCUT2D eigenvalue weighted by atomic mass is 9.86. The van der Waals surface area contributed by atoms with Crippen LogP contribution in [-0.2, 0) is 10.0 Å². The third-order valence-corrected chi connectivity index (χ3v) is 8.30. The van der Waals surface area contributed by atoms with Gasteiger partial charge in [0.25, 0.3) is 5.69 Å². The van der Waals surface area contributed by atoms with E-state index >= 15 is 0 Å². The fourth-order valence-corrected chi connectivity index (χ4v) is 6.18. The van der Waals surface area contributed by atoms with E-state index < -0.39 is 20.6 Å². The van der Waals surface area contributed by atoms with Crippen LogP contribution in [0.3, 0.4) is 0 Å². The zero-order chi connectivity index (χ0) is 25.1. The summed E-state index contributed by atoms with van der Waals surface area (Å²) in [5, 5.41) is 11.2. The molecule has 1 fully saturated rings. The first-order valence-electron chi connectivity index (χ1n) is 12.0. The number of nitro groups is 1. The first-order valence-corrected chi connectivity index (χ1v) is 13.5. The summed E-state index contributed by atoms with van der Waals surface area (Å²) >= 11 is 0. The number of piperidine rings is 1. The highest BCUT2D eigenvalue weighted by atomic mass is 35.5. The molecule has 1 N–H and O–H groups in total. The predicted octanol–water partition coefficient (Wildman–Crippen LogP) is 5.38. The third kappa shape index (κ3) is 5.67. The Balaban J connectivity index is 0.00000320. The lowest BCUT2D eigenvalue weighted by molar-refractivity contribution is -0.387. The molecule has 0 aromatic heterocycles. The van der Waals surface area contributed by atoms with Gasteiger partial charge in [-0.05, 0) is 46.7 Å². The number of hydrogen-bond acceptors (Lipinski definition) is 5. The standard InChI is InChI=1S/C28H27N3O4S.ClH/c32-31(33)26-11-5-6-12-27(26)36(34,35)29-17-20-30-18-15-23(16-19-30)28-24-9-3-1-7-21(24)13-14-22-8-2-4-10-25(22)28;/h1-14,29H,15-20H2;1H. The Morgan fingerprint density at radius 2 is 1.38 bits per heavy atom. The van der Waals surface area contributed by atoms with Crippen LogP contribution in [0.1, 0.15) is 35.1 Å². The van der Waals surface area contributed by atoms with E-state index in [0.717, 1.165) is 25.9 Å². The van der Waals surface area contributed by atoms with Crippen molar-refractivity contribution in [3.05, 3.63) is 111 Å². The molecule has 0 spiro atoms. The first kappa shape index (κ1) is 26.8.